The molecule has 35 valence electrons. The van der Waals surface area contributed by atoms with Crippen LogP contribution in [0.4, 0.5) is 0 Å². The molecule has 1 aliphatic rings. The van der Waals surface area contributed by atoms with Crippen LogP contribution in [0.25, 0.3) is 0 Å². The minimum absolute atomic E-state index is 0.704. The molecule has 0 bridgehead atoms. The fourth-order valence-electron chi connectivity index (χ4n) is 0.522. The highest BCUT2D eigenvalue weighted by molar-refractivity contribution is 4.73. The van der Waals surface area contributed by atoms with Crippen molar-refractivity contribution < 1.29 is 4.74 Å². The molecule has 0 amide bonds. The number of hydrogen-bond acceptors (Lipinski definition) is 2. The summed E-state index contributed by atoms with van der Waals surface area (Å²) < 4.78 is 4.85. The van der Waals surface area contributed by atoms with Crippen molar-refractivity contribution in [2.75, 3.05) is 6.61 Å². The predicted molar refractivity (Wildman–Crippen MR) is 22.6 cm³/mol. The molecular formula is C4H8NO. The van der Waals surface area contributed by atoms with E-state index in [0.29, 0.717) is 6.23 Å². The fourth-order valence-corrected chi connectivity index (χ4v) is 0.522. The van der Waals surface area contributed by atoms with E-state index in [1.807, 2.05) is 0 Å². The molecule has 2 nitrogen and oxygen atoms in total. The van der Waals surface area contributed by atoms with Gasteiger partial charge in [-0.2, -0.15) is 0 Å². The van der Waals surface area contributed by atoms with E-state index in [9.17, 15) is 0 Å². The summed E-state index contributed by atoms with van der Waals surface area (Å²) in [5, 5.41) is 0. The molecule has 1 fully saturated rings. The molecule has 1 saturated heterocycles. The molecule has 0 aromatic carbocycles. The maximum Gasteiger partial charge on any atom is 0.159 e. The Bertz CT molecular complexity index is 40.8. The molecule has 0 aliphatic carbocycles. The van der Waals surface area contributed by atoms with Gasteiger partial charge in [-0.25, -0.2) is 0 Å². The maximum absolute atomic E-state index is 5.23. The van der Waals surface area contributed by atoms with Crippen LogP contribution >= 0.6 is 0 Å². The van der Waals surface area contributed by atoms with Crippen LogP contribution in [0.2, 0.25) is 0 Å². The first-order valence-electron chi connectivity index (χ1n) is 2.14. The smallest absolute Gasteiger partial charge is 0.159 e. The average molecular weight is 86.1 g/mol. The van der Waals surface area contributed by atoms with Crippen molar-refractivity contribution in [3.63, 3.8) is 0 Å². The summed E-state index contributed by atoms with van der Waals surface area (Å²) in [6.07, 6.45) is 2.77. The monoisotopic (exact) mass is 86.1 g/mol. The predicted octanol–water partition coefficient (Wildman–Crippen LogP) is 0.245. The van der Waals surface area contributed by atoms with E-state index in [2.05, 4.69) is 0 Å². The zero-order valence-corrected chi connectivity index (χ0v) is 3.61. The van der Waals surface area contributed by atoms with Crippen LogP contribution in [-0.4, -0.2) is 6.61 Å². The quantitative estimate of drug-likeness (QED) is 0.458. The summed E-state index contributed by atoms with van der Waals surface area (Å²) in [5.41, 5.74) is 5.23. The van der Waals surface area contributed by atoms with E-state index in [0.717, 1.165) is 19.4 Å². The first-order valence-corrected chi connectivity index (χ1v) is 2.14. The minimum Gasteiger partial charge on any atom is -0.356 e. The Morgan fingerprint density at radius 3 is 2.67 bits per heavy atom. The number of rotatable bonds is 0. The summed E-state index contributed by atoms with van der Waals surface area (Å²) in [5.74, 6) is 0. The molecular weight excluding hydrogens is 78.0 g/mol. The molecule has 2 heteroatoms. The molecule has 2 N–H and O–H groups in total. The van der Waals surface area contributed by atoms with Gasteiger partial charge in [-0.1, -0.05) is 0 Å². The Morgan fingerprint density at radius 1 is 1.67 bits per heavy atom. The first kappa shape index (κ1) is 4.09. The largest absolute Gasteiger partial charge is 0.356 e. The third kappa shape index (κ3) is 0.698. The SMILES string of the molecule is N[C]1CCCO1. The Labute approximate surface area is 37.3 Å². The van der Waals surface area contributed by atoms with Gasteiger partial charge >= 0.3 is 0 Å². The highest BCUT2D eigenvalue weighted by Crippen LogP contribution is 2.11. The third-order valence-electron chi connectivity index (χ3n) is 0.855. The molecule has 1 aliphatic heterocycles. The van der Waals surface area contributed by atoms with E-state index >= 15 is 0 Å². The average Bonchev–Trinajstić information content (AvgIpc) is 1.86. The van der Waals surface area contributed by atoms with Gasteiger partial charge in [0.2, 0.25) is 0 Å². The topological polar surface area (TPSA) is 35.2 Å². The summed E-state index contributed by atoms with van der Waals surface area (Å²) >= 11 is 0. The van der Waals surface area contributed by atoms with E-state index in [-0.39, 0.29) is 0 Å². The van der Waals surface area contributed by atoms with Crippen LogP contribution in [0, 0.1) is 6.23 Å². The summed E-state index contributed by atoms with van der Waals surface area (Å²) in [6.45, 7) is 0.825. The van der Waals surface area contributed by atoms with Crippen molar-refractivity contribution in [2.24, 2.45) is 5.73 Å². The zero-order valence-electron chi connectivity index (χ0n) is 3.61. The van der Waals surface area contributed by atoms with E-state index in [1.165, 1.54) is 0 Å². The molecule has 1 rings (SSSR count). The zero-order chi connectivity index (χ0) is 4.41. The van der Waals surface area contributed by atoms with Gasteiger partial charge in [0, 0.05) is 6.61 Å². The number of ether oxygens (including phenoxy) is 1. The molecule has 1 radical (unpaired) electrons. The molecule has 0 spiro atoms. The lowest BCUT2D eigenvalue weighted by molar-refractivity contribution is 0.199. The standard InChI is InChI=1S/C4H8NO/c5-4-2-1-3-6-4/h1-3,5H2. The highest BCUT2D eigenvalue weighted by atomic mass is 16.5. The highest BCUT2D eigenvalue weighted by Gasteiger charge is 2.09. The molecule has 1 heterocycles. The second-order valence-electron chi connectivity index (χ2n) is 1.42. The minimum atomic E-state index is 0.704. The van der Waals surface area contributed by atoms with Crippen molar-refractivity contribution >= 4 is 0 Å². The Kier molecular flexibility index (Phi) is 1.08. The van der Waals surface area contributed by atoms with Crippen molar-refractivity contribution in [1.29, 1.82) is 0 Å². The van der Waals surface area contributed by atoms with Gasteiger partial charge in [0.05, 0.1) is 0 Å². The van der Waals surface area contributed by atoms with Gasteiger partial charge in [-0.05, 0) is 12.8 Å². The summed E-state index contributed by atoms with van der Waals surface area (Å²) in [7, 11) is 0. The van der Waals surface area contributed by atoms with Crippen LogP contribution in [0.15, 0.2) is 0 Å². The van der Waals surface area contributed by atoms with E-state index < -0.39 is 0 Å². The summed E-state index contributed by atoms with van der Waals surface area (Å²) in [6, 6.07) is 0. The van der Waals surface area contributed by atoms with Crippen molar-refractivity contribution in [3.8, 4) is 0 Å². The lowest BCUT2D eigenvalue weighted by atomic mass is 10.3. The Balaban J connectivity index is 2.18. The van der Waals surface area contributed by atoms with Gasteiger partial charge in [0.25, 0.3) is 0 Å². The lowest BCUT2D eigenvalue weighted by Gasteiger charge is -1.92. The van der Waals surface area contributed by atoms with E-state index in [1.54, 1.807) is 0 Å². The molecule has 0 unspecified atom stereocenters. The van der Waals surface area contributed by atoms with Crippen LogP contribution in [0.5, 0.6) is 0 Å². The van der Waals surface area contributed by atoms with E-state index in [4.69, 9.17) is 10.5 Å². The van der Waals surface area contributed by atoms with Crippen LogP contribution in [0.3, 0.4) is 0 Å². The molecule has 0 saturated carbocycles. The Morgan fingerprint density at radius 2 is 2.50 bits per heavy atom. The molecule has 0 aromatic heterocycles. The fraction of sp³-hybridized carbons (Fsp3) is 0.750. The molecule has 0 atom stereocenters. The second kappa shape index (κ2) is 1.58. The first-order chi connectivity index (χ1) is 2.89. The van der Waals surface area contributed by atoms with Crippen molar-refractivity contribution in [3.05, 3.63) is 6.23 Å². The van der Waals surface area contributed by atoms with Gasteiger partial charge in [0.15, 0.2) is 6.23 Å². The number of nitrogens with two attached hydrogens (primary N) is 1. The Hall–Kier alpha value is -0.0800. The van der Waals surface area contributed by atoms with Crippen molar-refractivity contribution in [1.82, 2.24) is 0 Å². The normalized spacial score (nSPS) is 25.5. The van der Waals surface area contributed by atoms with Crippen LogP contribution in [-0.2, 0) is 4.74 Å². The van der Waals surface area contributed by atoms with Gasteiger partial charge in [-0.15, -0.1) is 0 Å². The maximum atomic E-state index is 5.23. The molecule has 6 heavy (non-hydrogen) atoms. The second-order valence-corrected chi connectivity index (χ2v) is 1.42. The van der Waals surface area contributed by atoms with Crippen LogP contribution < -0.4 is 5.73 Å². The van der Waals surface area contributed by atoms with Crippen molar-refractivity contribution in [2.45, 2.75) is 12.8 Å². The third-order valence-corrected chi connectivity index (χ3v) is 0.855. The van der Waals surface area contributed by atoms with Crippen LogP contribution in [0.1, 0.15) is 12.8 Å². The summed E-state index contributed by atoms with van der Waals surface area (Å²) in [4.78, 5) is 0. The lowest BCUT2D eigenvalue weighted by Crippen LogP contribution is -2.05. The number of hydrogen-bond donors (Lipinski definition) is 1. The van der Waals surface area contributed by atoms with Gasteiger partial charge in [0.1, 0.15) is 0 Å². The van der Waals surface area contributed by atoms with Gasteiger partial charge < -0.3 is 4.74 Å². The van der Waals surface area contributed by atoms with Gasteiger partial charge in [-0.3, -0.25) is 5.73 Å². The molecule has 0 aromatic rings.